The minimum absolute atomic E-state index is 0.0770. The molecule has 0 aliphatic carbocycles. The molecular weight excluding hydrogens is 196 g/mol. The van der Waals surface area contributed by atoms with E-state index in [0.29, 0.717) is 13.0 Å². The highest BCUT2D eigenvalue weighted by Crippen LogP contribution is 2.11. The van der Waals surface area contributed by atoms with Crippen LogP contribution in [0.4, 0.5) is 0 Å². The molecule has 0 saturated carbocycles. The average Bonchev–Trinajstić information content (AvgIpc) is 2.68. The molecule has 0 fully saturated rings. The fraction of sp³-hybridized carbons (Fsp3) is 0.545. The Kier molecular flexibility index (Phi) is 5.30. The first-order valence-corrected chi connectivity index (χ1v) is 5.89. The summed E-state index contributed by atoms with van der Waals surface area (Å²) in [6, 6.07) is 4.05. The number of unbranched alkanes of at least 4 members (excludes halogenated alkanes) is 1. The quantitative estimate of drug-likeness (QED) is 0.535. The Hall–Kier alpha value is -0.830. The number of thiophene rings is 1. The number of aryl methyl sites for hydroxylation is 1. The zero-order valence-corrected chi connectivity index (χ0v) is 9.31. The fourth-order valence-electron chi connectivity index (χ4n) is 1.08. The molecule has 0 amide bonds. The molecule has 0 unspecified atom stereocenters. The van der Waals surface area contributed by atoms with Crippen molar-refractivity contribution in [2.75, 3.05) is 6.61 Å². The molecule has 0 radical (unpaired) electrons. The zero-order chi connectivity index (χ0) is 10.2. The van der Waals surface area contributed by atoms with Crippen LogP contribution in [0.25, 0.3) is 0 Å². The molecule has 1 aromatic heterocycles. The summed E-state index contributed by atoms with van der Waals surface area (Å²) in [4.78, 5) is 12.4. The van der Waals surface area contributed by atoms with Gasteiger partial charge in [0.25, 0.3) is 0 Å². The number of esters is 1. The van der Waals surface area contributed by atoms with Crippen LogP contribution in [0, 0.1) is 0 Å². The van der Waals surface area contributed by atoms with E-state index in [-0.39, 0.29) is 5.97 Å². The zero-order valence-electron chi connectivity index (χ0n) is 8.49. The minimum Gasteiger partial charge on any atom is -0.466 e. The number of carbonyl (C=O) groups excluding carboxylic acids is 1. The first-order chi connectivity index (χ1) is 6.83. The van der Waals surface area contributed by atoms with Gasteiger partial charge in [-0.1, -0.05) is 19.4 Å². The fourth-order valence-corrected chi connectivity index (χ4v) is 1.79. The molecule has 0 spiro atoms. The van der Waals surface area contributed by atoms with E-state index >= 15 is 0 Å². The number of hydrogen-bond acceptors (Lipinski definition) is 3. The summed E-state index contributed by atoms with van der Waals surface area (Å²) < 4.78 is 5.05. The van der Waals surface area contributed by atoms with Crippen LogP contribution in [-0.4, -0.2) is 12.6 Å². The summed E-state index contributed by atoms with van der Waals surface area (Å²) in [7, 11) is 0. The molecule has 0 aromatic carbocycles. The number of carbonyl (C=O) groups is 1. The van der Waals surface area contributed by atoms with E-state index in [9.17, 15) is 4.79 Å². The predicted octanol–water partition coefficient (Wildman–Crippen LogP) is 3.02. The highest BCUT2D eigenvalue weighted by molar-refractivity contribution is 7.09. The Morgan fingerprint density at radius 1 is 1.57 bits per heavy atom. The van der Waals surface area contributed by atoms with Gasteiger partial charge in [0.15, 0.2) is 0 Å². The standard InChI is InChI=1S/C11H16O2S/c1-2-3-8-13-11(12)7-6-10-5-4-9-14-10/h4-5,9H,2-3,6-8H2,1H3. The summed E-state index contributed by atoms with van der Waals surface area (Å²) in [5, 5.41) is 2.03. The average molecular weight is 212 g/mol. The second kappa shape index (κ2) is 6.60. The minimum atomic E-state index is -0.0770. The lowest BCUT2D eigenvalue weighted by Gasteiger charge is -2.02. The van der Waals surface area contributed by atoms with Crippen molar-refractivity contribution in [3.8, 4) is 0 Å². The second-order valence-corrected chi connectivity index (χ2v) is 4.19. The van der Waals surface area contributed by atoms with Gasteiger partial charge in [0.2, 0.25) is 0 Å². The summed E-state index contributed by atoms with van der Waals surface area (Å²) >= 11 is 1.69. The van der Waals surface area contributed by atoms with Crippen LogP contribution >= 0.6 is 11.3 Å². The van der Waals surface area contributed by atoms with Crippen molar-refractivity contribution < 1.29 is 9.53 Å². The van der Waals surface area contributed by atoms with Gasteiger partial charge in [0.05, 0.1) is 13.0 Å². The van der Waals surface area contributed by atoms with Crippen LogP contribution in [0.5, 0.6) is 0 Å². The third kappa shape index (κ3) is 4.42. The maximum absolute atomic E-state index is 11.2. The highest BCUT2D eigenvalue weighted by atomic mass is 32.1. The van der Waals surface area contributed by atoms with Gasteiger partial charge in [-0.2, -0.15) is 0 Å². The van der Waals surface area contributed by atoms with E-state index < -0.39 is 0 Å². The monoisotopic (exact) mass is 212 g/mol. The van der Waals surface area contributed by atoms with E-state index in [4.69, 9.17) is 4.74 Å². The van der Waals surface area contributed by atoms with Crippen LogP contribution < -0.4 is 0 Å². The molecule has 1 rings (SSSR count). The van der Waals surface area contributed by atoms with Gasteiger partial charge >= 0.3 is 5.97 Å². The van der Waals surface area contributed by atoms with Gasteiger partial charge < -0.3 is 4.74 Å². The summed E-state index contributed by atoms with van der Waals surface area (Å²) in [5.74, 6) is -0.0770. The third-order valence-corrected chi connectivity index (χ3v) is 2.85. The number of ether oxygens (including phenoxy) is 1. The van der Waals surface area contributed by atoms with Crippen LogP contribution in [0.1, 0.15) is 31.1 Å². The molecule has 0 aliphatic heterocycles. The normalized spacial score (nSPS) is 10.1. The van der Waals surface area contributed by atoms with Crippen LogP contribution in [-0.2, 0) is 16.0 Å². The van der Waals surface area contributed by atoms with Gasteiger partial charge in [-0.05, 0) is 24.3 Å². The largest absolute Gasteiger partial charge is 0.466 e. The Labute approximate surface area is 88.9 Å². The summed E-state index contributed by atoms with van der Waals surface area (Å²) in [6.45, 7) is 2.65. The highest BCUT2D eigenvalue weighted by Gasteiger charge is 2.03. The lowest BCUT2D eigenvalue weighted by Crippen LogP contribution is -2.06. The summed E-state index contributed by atoms with van der Waals surface area (Å²) in [5.41, 5.74) is 0. The van der Waals surface area contributed by atoms with E-state index in [2.05, 4.69) is 6.92 Å². The van der Waals surface area contributed by atoms with Crippen LogP contribution in [0.15, 0.2) is 17.5 Å². The van der Waals surface area contributed by atoms with Crippen molar-refractivity contribution in [3.63, 3.8) is 0 Å². The molecule has 0 saturated heterocycles. The molecule has 3 heteroatoms. The predicted molar refractivity (Wildman–Crippen MR) is 58.5 cm³/mol. The Morgan fingerprint density at radius 2 is 2.43 bits per heavy atom. The van der Waals surface area contributed by atoms with Crippen molar-refractivity contribution in [3.05, 3.63) is 22.4 Å². The first kappa shape index (κ1) is 11.2. The van der Waals surface area contributed by atoms with E-state index in [0.717, 1.165) is 19.3 Å². The number of hydrogen-bond donors (Lipinski definition) is 0. The van der Waals surface area contributed by atoms with Crippen molar-refractivity contribution in [1.82, 2.24) is 0 Å². The molecule has 0 N–H and O–H groups in total. The van der Waals surface area contributed by atoms with Gasteiger partial charge in [-0.25, -0.2) is 0 Å². The maximum Gasteiger partial charge on any atom is 0.306 e. The molecule has 2 nitrogen and oxygen atoms in total. The van der Waals surface area contributed by atoms with Crippen molar-refractivity contribution in [2.45, 2.75) is 32.6 Å². The van der Waals surface area contributed by atoms with Gasteiger partial charge in [0, 0.05) is 4.88 Å². The lowest BCUT2D eigenvalue weighted by molar-refractivity contribution is -0.143. The molecule has 78 valence electrons. The van der Waals surface area contributed by atoms with Crippen molar-refractivity contribution in [1.29, 1.82) is 0 Å². The molecule has 0 bridgehead atoms. The van der Waals surface area contributed by atoms with Crippen LogP contribution in [0.2, 0.25) is 0 Å². The Morgan fingerprint density at radius 3 is 3.07 bits per heavy atom. The molecule has 1 heterocycles. The van der Waals surface area contributed by atoms with E-state index in [1.54, 1.807) is 11.3 Å². The van der Waals surface area contributed by atoms with Gasteiger partial charge in [-0.3, -0.25) is 4.79 Å². The Bertz CT molecular complexity index is 254. The SMILES string of the molecule is CCCCOC(=O)CCc1cccs1. The topological polar surface area (TPSA) is 26.3 Å². The molecule has 14 heavy (non-hydrogen) atoms. The second-order valence-electron chi connectivity index (χ2n) is 3.15. The van der Waals surface area contributed by atoms with Crippen molar-refractivity contribution in [2.24, 2.45) is 0 Å². The third-order valence-electron chi connectivity index (χ3n) is 1.92. The smallest absolute Gasteiger partial charge is 0.306 e. The molecular formula is C11H16O2S. The van der Waals surface area contributed by atoms with E-state index in [1.807, 2.05) is 17.5 Å². The maximum atomic E-state index is 11.2. The van der Waals surface area contributed by atoms with Crippen LogP contribution in [0.3, 0.4) is 0 Å². The van der Waals surface area contributed by atoms with Gasteiger partial charge in [-0.15, -0.1) is 11.3 Å². The molecule has 0 atom stereocenters. The molecule has 1 aromatic rings. The van der Waals surface area contributed by atoms with Crippen molar-refractivity contribution >= 4 is 17.3 Å². The number of rotatable bonds is 6. The summed E-state index contributed by atoms with van der Waals surface area (Å²) in [6.07, 6.45) is 3.34. The Balaban J connectivity index is 2.09. The first-order valence-electron chi connectivity index (χ1n) is 5.01. The lowest BCUT2D eigenvalue weighted by atomic mass is 10.3. The molecule has 0 aliphatic rings. The van der Waals surface area contributed by atoms with E-state index in [1.165, 1.54) is 4.88 Å². The van der Waals surface area contributed by atoms with Gasteiger partial charge in [0.1, 0.15) is 0 Å².